The number of hydrogen-bond donors (Lipinski definition) is 2. The van der Waals surface area contributed by atoms with Crippen molar-refractivity contribution in [2.75, 3.05) is 45.9 Å². The number of piperazine rings is 1. The number of halogens is 1. The molecule has 1 aromatic carbocycles. The lowest BCUT2D eigenvalue weighted by Crippen LogP contribution is -2.50. The van der Waals surface area contributed by atoms with E-state index in [4.69, 9.17) is 16.7 Å². The maximum Gasteiger partial charge on any atom is 0.261 e. The minimum atomic E-state index is -0.390. The number of carbonyl (C=O) groups excluding carboxylic acids is 2. The second-order valence-electron chi connectivity index (χ2n) is 7.84. The van der Waals surface area contributed by atoms with Gasteiger partial charge in [0, 0.05) is 62.6 Å². The summed E-state index contributed by atoms with van der Waals surface area (Å²) in [6, 6.07) is 6.75. The van der Waals surface area contributed by atoms with Gasteiger partial charge in [0.05, 0.1) is 6.61 Å². The molecule has 0 radical (unpaired) electrons. The van der Waals surface area contributed by atoms with Crippen molar-refractivity contribution >= 4 is 23.4 Å². The Hall–Kier alpha value is -2.68. The van der Waals surface area contributed by atoms with Crippen LogP contribution in [0.3, 0.4) is 0 Å². The van der Waals surface area contributed by atoms with Crippen molar-refractivity contribution in [3.05, 3.63) is 68.1 Å². The zero-order valence-electron chi connectivity index (χ0n) is 17.1. The Morgan fingerprint density at radius 2 is 1.71 bits per heavy atom. The Balaban J connectivity index is 1.52. The number of pyridine rings is 1. The van der Waals surface area contributed by atoms with Crippen molar-refractivity contribution in [2.45, 2.75) is 13.0 Å². The van der Waals surface area contributed by atoms with Gasteiger partial charge in [0.1, 0.15) is 5.56 Å². The van der Waals surface area contributed by atoms with Crippen LogP contribution in [0.15, 0.2) is 35.3 Å². The molecule has 2 aliphatic rings. The number of aliphatic hydroxyl groups is 1. The zero-order valence-corrected chi connectivity index (χ0v) is 17.9. The Labute approximate surface area is 185 Å². The SMILES string of the molecule is O=C(c1ccc(Cl)cc1)N1CCc2c(c[nH]c(=O)c2C(=O)N2CCN(CCO)CC2)C1. The summed E-state index contributed by atoms with van der Waals surface area (Å²) in [6.07, 6.45) is 2.05. The molecule has 0 atom stereocenters. The second kappa shape index (κ2) is 9.21. The molecule has 4 rings (SSSR count). The number of hydrogen-bond acceptors (Lipinski definition) is 5. The molecule has 3 heterocycles. The molecular formula is C22H25ClN4O4. The van der Waals surface area contributed by atoms with Crippen molar-refractivity contribution in [3.63, 3.8) is 0 Å². The maximum absolute atomic E-state index is 13.2. The van der Waals surface area contributed by atoms with Crippen LogP contribution in [-0.4, -0.2) is 82.5 Å². The number of aromatic amines is 1. The van der Waals surface area contributed by atoms with Crippen molar-refractivity contribution in [1.82, 2.24) is 19.7 Å². The molecule has 2 amide bonds. The third kappa shape index (κ3) is 4.51. The lowest BCUT2D eigenvalue weighted by atomic mass is 9.95. The number of benzene rings is 1. The largest absolute Gasteiger partial charge is 0.395 e. The molecule has 9 heteroatoms. The number of nitrogens with zero attached hydrogens (tertiary/aromatic N) is 3. The van der Waals surface area contributed by atoms with Crippen LogP contribution in [0.4, 0.5) is 0 Å². The highest BCUT2D eigenvalue weighted by atomic mass is 35.5. The Bertz CT molecular complexity index is 1030. The number of β-amino-alcohol motifs (C(OH)–C–C–N with tert-alkyl or cyclic N) is 1. The molecule has 0 bridgehead atoms. The van der Waals surface area contributed by atoms with Gasteiger partial charge in [-0.05, 0) is 41.8 Å². The molecule has 8 nitrogen and oxygen atoms in total. The molecule has 1 fully saturated rings. The monoisotopic (exact) mass is 444 g/mol. The van der Waals surface area contributed by atoms with Crippen molar-refractivity contribution in [1.29, 1.82) is 0 Å². The molecule has 0 unspecified atom stereocenters. The van der Waals surface area contributed by atoms with E-state index >= 15 is 0 Å². The van der Waals surface area contributed by atoms with E-state index in [-0.39, 0.29) is 29.5 Å². The van der Waals surface area contributed by atoms with Gasteiger partial charge in [-0.2, -0.15) is 0 Å². The van der Waals surface area contributed by atoms with Crippen LogP contribution in [-0.2, 0) is 13.0 Å². The van der Waals surface area contributed by atoms with E-state index in [1.165, 1.54) is 0 Å². The fourth-order valence-electron chi connectivity index (χ4n) is 4.22. The van der Waals surface area contributed by atoms with Crippen molar-refractivity contribution in [3.8, 4) is 0 Å². The summed E-state index contributed by atoms with van der Waals surface area (Å²) in [5.41, 5.74) is 1.86. The van der Waals surface area contributed by atoms with E-state index in [0.717, 1.165) is 11.1 Å². The number of H-pyrrole nitrogens is 1. The van der Waals surface area contributed by atoms with Gasteiger partial charge in [-0.25, -0.2) is 0 Å². The summed E-state index contributed by atoms with van der Waals surface area (Å²) < 4.78 is 0. The summed E-state index contributed by atoms with van der Waals surface area (Å²) in [5.74, 6) is -0.374. The van der Waals surface area contributed by atoms with Gasteiger partial charge in [-0.15, -0.1) is 0 Å². The molecule has 164 valence electrons. The molecule has 0 saturated carbocycles. The highest BCUT2D eigenvalue weighted by Gasteiger charge is 2.30. The quantitative estimate of drug-likeness (QED) is 0.732. The average Bonchev–Trinajstić information content (AvgIpc) is 2.79. The fourth-order valence-corrected chi connectivity index (χ4v) is 4.34. The van der Waals surface area contributed by atoms with Gasteiger partial charge in [-0.1, -0.05) is 11.6 Å². The Morgan fingerprint density at radius 1 is 1.00 bits per heavy atom. The first-order chi connectivity index (χ1) is 15.0. The van der Waals surface area contributed by atoms with Crippen LogP contribution in [0.1, 0.15) is 31.8 Å². The van der Waals surface area contributed by atoms with Crippen LogP contribution in [0.5, 0.6) is 0 Å². The number of fused-ring (bicyclic) bond motifs is 1. The number of aliphatic hydroxyl groups excluding tert-OH is 1. The molecule has 31 heavy (non-hydrogen) atoms. The number of rotatable bonds is 4. The lowest BCUT2D eigenvalue weighted by molar-refractivity contribution is 0.0611. The Kier molecular flexibility index (Phi) is 6.41. The van der Waals surface area contributed by atoms with Crippen LogP contribution < -0.4 is 5.56 Å². The van der Waals surface area contributed by atoms with Gasteiger partial charge >= 0.3 is 0 Å². The summed E-state index contributed by atoms with van der Waals surface area (Å²) in [4.78, 5) is 46.8. The van der Waals surface area contributed by atoms with Gasteiger partial charge in [-0.3, -0.25) is 19.3 Å². The summed E-state index contributed by atoms with van der Waals surface area (Å²) in [5, 5.41) is 9.65. The van der Waals surface area contributed by atoms with Crippen LogP contribution in [0, 0.1) is 0 Å². The minimum Gasteiger partial charge on any atom is -0.395 e. The van der Waals surface area contributed by atoms with E-state index in [2.05, 4.69) is 9.88 Å². The average molecular weight is 445 g/mol. The number of amides is 2. The molecule has 2 aliphatic heterocycles. The first-order valence-corrected chi connectivity index (χ1v) is 10.8. The van der Waals surface area contributed by atoms with E-state index in [1.807, 2.05) is 0 Å². The highest BCUT2D eigenvalue weighted by Crippen LogP contribution is 2.23. The lowest BCUT2D eigenvalue weighted by Gasteiger charge is -2.35. The normalized spacial score (nSPS) is 16.8. The topological polar surface area (TPSA) is 97.0 Å². The highest BCUT2D eigenvalue weighted by molar-refractivity contribution is 6.30. The molecular weight excluding hydrogens is 420 g/mol. The van der Waals surface area contributed by atoms with E-state index in [1.54, 1.807) is 40.3 Å². The molecule has 2 N–H and O–H groups in total. The van der Waals surface area contributed by atoms with Gasteiger partial charge in [0.25, 0.3) is 17.4 Å². The smallest absolute Gasteiger partial charge is 0.261 e. The van der Waals surface area contributed by atoms with Crippen LogP contribution in [0.2, 0.25) is 5.02 Å². The molecule has 2 aromatic rings. The maximum atomic E-state index is 13.2. The zero-order chi connectivity index (χ0) is 22.0. The summed E-state index contributed by atoms with van der Waals surface area (Å²) >= 11 is 5.91. The van der Waals surface area contributed by atoms with Crippen molar-refractivity contribution < 1.29 is 14.7 Å². The predicted octanol–water partition coefficient (Wildman–Crippen LogP) is 0.977. The van der Waals surface area contributed by atoms with Crippen LogP contribution >= 0.6 is 11.6 Å². The van der Waals surface area contributed by atoms with Gasteiger partial charge in [0.15, 0.2) is 0 Å². The second-order valence-corrected chi connectivity index (χ2v) is 8.27. The first kappa shape index (κ1) is 21.5. The predicted molar refractivity (Wildman–Crippen MR) is 116 cm³/mol. The van der Waals surface area contributed by atoms with Crippen molar-refractivity contribution in [2.24, 2.45) is 0 Å². The third-order valence-corrected chi connectivity index (χ3v) is 6.21. The Morgan fingerprint density at radius 3 is 2.39 bits per heavy atom. The number of nitrogens with one attached hydrogen (secondary N) is 1. The van der Waals surface area contributed by atoms with Gasteiger partial charge in [0.2, 0.25) is 0 Å². The van der Waals surface area contributed by atoms with E-state index in [9.17, 15) is 14.4 Å². The van der Waals surface area contributed by atoms with E-state index in [0.29, 0.717) is 62.8 Å². The van der Waals surface area contributed by atoms with E-state index < -0.39 is 0 Å². The fraction of sp³-hybridized carbons (Fsp3) is 0.409. The summed E-state index contributed by atoms with van der Waals surface area (Å²) in [7, 11) is 0. The molecule has 1 saturated heterocycles. The standard InChI is InChI=1S/C22H25ClN4O4/c23-17-3-1-15(2-4-17)21(30)27-6-5-18-16(14-27)13-24-20(29)19(18)22(31)26-9-7-25(8-10-26)11-12-28/h1-4,13,28H,5-12,14H2,(H,24,29). The van der Waals surface area contributed by atoms with Gasteiger partial charge < -0.3 is 19.9 Å². The molecule has 0 aliphatic carbocycles. The molecule has 1 aromatic heterocycles. The first-order valence-electron chi connectivity index (χ1n) is 10.4. The summed E-state index contributed by atoms with van der Waals surface area (Å²) in [6.45, 7) is 3.81. The third-order valence-electron chi connectivity index (χ3n) is 5.95. The van der Waals surface area contributed by atoms with Crippen LogP contribution in [0.25, 0.3) is 0 Å². The minimum absolute atomic E-state index is 0.0883. The number of carbonyl (C=O) groups is 2. The molecule has 0 spiro atoms. The number of aromatic nitrogens is 1.